The minimum absolute atomic E-state index is 0.556. The van der Waals surface area contributed by atoms with Gasteiger partial charge in [0.05, 0.1) is 0 Å². The highest BCUT2D eigenvalue weighted by Crippen LogP contribution is 2.64. The van der Waals surface area contributed by atoms with Crippen molar-refractivity contribution in [2.45, 2.75) is 32.2 Å². The molecule has 2 aliphatic carbocycles. The topological polar surface area (TPSA) is 26.0 Å². The molecule has 0 aromatic carbocycles. The minimum Gasteiger partial charge on any atom is -0.328 e. The molecule has 1 nitrogen and oxygen atoms in total. The molecule has 2 fully saturated rings. The SMILES string of the molecule is CC1CC12CC(N)C2. The summed E-state index contributed by atoms with van der Waals surface area (Å²) in [5.41, 5.74) is 6.43. The molecular weight excluding hydrogens is 98.1 g/mol. The quantitative estimate of drug-likeness (QED) is 0.498. The van der Waals surface area contributed by atoms with E-state index in [9.17, 15) is 0 Å². The molecule has 0 aromatic rings. The van der Waals surface area contributed by atoms with Gasteiger partial charge in [-0.05, 0) is 30.6 Å². The second kappa shape index (κ2) is 1.10. The molecule has 0 aromatic heterocycles. The van der Waals surface area contributed by atoms with E-state index in [1.54, 1.807) is 0 Å². The van der Waals surface area contributed by atoms with Crippen LogP contribution in [0.25, 0.3) is 0 Å². The summed E-state index contributed by atoms with van der Waals surface area (Å²) < 4.78 is 0. The Hall–Kier alpha value is -0.0400. The Morgan fingerprint density at radius 1 is 1.38 bits per heavy atom. The van der Waals surface area contributed by atoms with Crippen LogP contribution in [0.15, 0.2) is 0 Å². The molecule has 0 radical (unpaired) electrons. The lowest BCUT2D eigenvalue weighted by molar-refractivity contribution is 0.219. The summed E-state index contributed by atoms with van der Waals surface area (Å²) in [4.78, 5) is 0. The Morgan fingerprint density at radius 3 is 2.00 bits per heavy atom. The predicted molar refractivity (Wildman–Crippen MR) is 33.4 cm³/mol. The highest BCUT2D eigenvalue weighted by atomic mass is 14.8. The van der Waals surface area contributed by atoms with E-state index in [1.165, 1.54) is 19.3 Å². The lowest BCUT2D eigenvalue weighted by Crippen LogP contribution is -2.38. The first-order valence-corrected chi connectivity index (χ1v) is 3.48. The van der Waals surface area contributed by atoms with Crippen molar-refractivity contribution in [3.63, 3.8) is 0 Å². The summed E-state index contributed by atoms with van der Waals surface area (Å²) in [5, 5.41) is 0. The zero-order valence-electron chi connectivity index (χ0n) is 5.35. The van der Waals surface area contributed by atoms with Crippen molar-refractivity contribution < 1.29 is 0 Å². The first-order valence-electron chi connectivity index (χ1n) is 3.48. The van der Waals surface area contributed by atoms with Gasteiger partial charge in [0, 0.05) is 6.04 Å². The Kier molecular flexibility index (Phi) is 0.663. The first-order chi connectivity index (χ1) is 3.73. The van der Waals surface area contributed by atoms with Gasteiger partial charge in [0.15, 0.2) is 0 Å². The fraction of sp³-hybridized carbons (Fsp3) is 1.00. The first kappa shape index (κ1) is 4.80. The van der Waals surface area contributed by atoms with Crippen molar-refractivity contribution in [3.8, 4) is 0 Å². The molecule has 2 saturated carbocycles. The van der Waals surface area contributed by atoms with E-state index in [2.05, 4.69) is 6.92 Å². The second-order valence-electron chi connectivity index (χ2n) is 3.64. The standard InChI is InChI=1S/C7H13N/c1-5-2-7(5)3-6(8)4-7/h5-6H,2-4,8H2,1H3. The molecule has 1 unspecified atom stereocenters. The second-order valence-corrected chi connectivity index (χ2v) is 3.64. The van der Waals surface area contributed by atoms with Crippen LogP contribution in [0.1, 0.15) is 26.2 Å². The maximum Gasteiger partial charge on any atom is 0.00496 e. The molecule has 1 spiro atoms. The molecule has 8 heavy (non-hydrogen) atoms. The van der Waals surface area contributed by atoms with Gasteiger partial charge in [-0.3, -0.25) is 0 Å². The van der Waals surface area contributed by atoms with Gasteiger partial charge in [-0.15, -0.1) is 0 Å². The molecule has 46 valence electrons. The molecule has 0 heterocycles. The molecule has 2 aliphatic rings. The van der Waals surface area contributed by atoms with Gasteiger partial charge in [-0.1, -0.05) is 6.92 Å². The normalized spacial score (nSPS) is 60.8. The maximum absolute atomic E-state index is 5.66. The molecule has 0 aliphatic heterocycles. The van der Waals surface area contributed by atoms with Crippen LogP contribution in [0.2, 0.25) is 0 Å². The number of hydrogen-bond donors (Lipinski definition) is 1. The van der Waals surface area contributed by atoms with E-state index in [4.69, 9.17) is 5.73 Å². The van der Waals surface area contributed by atoms with Crippen molar-refractivity contribution in [1.29, 1.82) is 0 Å². The van der Waals surface area contributed by atoms with Crippen LogP contribution in [-0.4, -0.2) is 6.04 Å². The van der Waals surface area contributed by atoms with E-state index < -0.39 is 0 Å². The third-order valence-corrected chi connectivity index (χ3v) is 2.94. The van der Waals surface area contributed by atoms with Crippen LogP contribution in [0.4, 0.5) is 0 Å². The van der Waals surface area contributed by atoms with Crippen molar-refractivity contribution in [2.24, 2.45) is 17.1 Å². The Labute approximate surface area is 50.3 Å². The van der Waals surface area contributed by atoms with Crippen molar-refractivity contribution in [3.05, 3.63) is 0 Å². The summed E-state index contributed by atoms with van der Waals surface area (Å²) >= 11 is 0. The van der Waals surface area contributed by atoms with Crippen LogP contribution in [0.3, 0.4) is 0 Å². The van der Waals surface area contributed by atoms with Gasteiger partial charge in [0.25, 0.3) is 0 Å². The Balaban J connectivity index is 1.96. The molecule has 1 heteroatoms. The molecule has 0 amide bonds. The van der Waals surface area contributed by atoms with Crippen LogP contribution < -0.4 is 5.73 Å². The van der Waals surface area contributed by atoms with Gasteiger partial charge in [0.1, 0.15) is 0 Å². The van der Waals surface area contributed by atoms with Gasteiger partial charge < -0.3 is 5.73 Å². The van der Waals surface area contributed by atoms with E-state index in [0.717, 1.165) is 11.3 Å². The summed E-state index contributed by atoms with van der Waals surface area (Å²) in [7, 11) is 0. The highest BCUT2D eigenvalue weighted by Gasteiger charge is 2.57. The fourth-order valence-electron chi connectivity index (χ4n) is 2.10. The Bertz CT molecular complexity index is 114. The number of nitrogens with two attached hydrogens (primary N) is 1. The van der Waals surface area contributed by atoms with E-state index in [0.29, 0.717) is 6.04 Å². The van der Waals surface area contributed by atoms with Crippen molar-refractivity contribution >= 4 is 0 Å². The third kappa shape index (κ3) is 0.408. The zero-order valence-corrected chi connectivity index (χ0v) is 5.35. The summed E-state index contributed by atoms with van der Waals surface area (Å²) in [6.45, 7) is 2.34. The predicted octanol–water partition coefficient (Wildman–Crippen LogP) is 1.13. The molecule has 0 bridgehead atoms. The third-order valence-electron chi connectivity index (χ3n) is 2.94. The van der Waals surface area contributed by atoms with Crippen LogP contribution in [0.5, 0.6) is 0 Å². The van der Waals surface area contributed by atoms with Gasteiger partial charge in [-0.25, -0.2) is 0 Å². The zero-order chi connectivity index (χ0) is 5.78. The van der Waals surface area contributed by atoms with Crippen LogP contribution in [-0.2, 0) is 0 Å². The summed E-state index contributed by atoms with van der Waals surface area (Å²) in [6.07, 6.45) is 4.09. The largest absolute Gasteiger partial charge is 0.328 e. The minimum atomic E-state index is 0.556. The fourth-order valence-corrected chi connectivity index (χ4v) is 2.10. The lowest BCUT2D eigenvalue weighted by Gasteiger charge is -2.33. The smallest absolute Gasteiger partial charge is 0.00496 e. The molecule has 1 atom stereocenters. The lowest BCUT2D eigenvalue weighted by atomic mass is 9.76. The number of rotatable bonds is 0. The van der Waals surface area contributed by atoms with E-state index >= 15 is 0 Å². The molecular formula is C7H13N. The summed E-state index contributed by atoms with van der Waals surface area (Å²) in [6, 6.07) is 0.556. The van der Waals surface area contributed by atoms with Crippen molar-refractivity contribution in [2.75, 3.05) is 0 Å². The monoisotopic (exact) mass is 111 g/mol. The van der Waals surface area contributed by atoms with E-state index in [-0.39, 0.29) is 0 Å². The molecule has 2 N–H and O–H groups in total. The van der Waals surface area contributed by atoms with Gasteiger partial charge in [-0.2, -0.15) is 0 Å². The number of hydrogen-bond acceptors (Lipinski definition) is 1. The molecule has 0 saturated heterocycles. The van der Waals surface area contributed by atoms with Gasteiger partial charge in [0.2, 0.25) is 0 Å². The average molecular weight is 111 g/mol. The van der Waals surface area contributed by atoms with Crippen molar-refractivity contribution in [1.82, 2.24) is 0 Å². The Morgan fingerprint density at radius 2 is 1.88 bits per heavy atom. The van der Waals surface area contributed by atoms with E-state index in [1.807, 2.05) is 0 Å². The van der Waals surface area contributed by atoms with Gasteiger partial charge >= 0.3 is 0 Å². The van der Waals surface area contributed by atoms with Crippen LogP contribution >= 0.6 is 0 Å². The summed E-state index contributed by atoms with van der Waals surface area (Å²) in [5.74, 6) is 1.00. The molecule has 2 rings (SSSR count). The highest BCUT2D eigenvalue weighted by molar-refractivity contribution is 5.10. The average Bonchev–Trinajstić information content (AvgIpc) is 2.13. The van der Waals surface area contributed by atoms with Crippen LogP contribution in [0, 0.1) is 11.3 Å². The maximum atomic E-state index is 5.66.